The number of aliphatic carboxylic acids is 1. The van der Waals surface area contributed by atoms with Crippen LogP contribution >= 0.6 is 0 Å². The number of aromatic hydroxyl groups is 1. The first-order chi connectivity index (χ1) is 11.7. The number of nitrogens with zero attached hydrogens (tertiary/aromatic N) is 2. The van der Waals surface area contributed by atoms with Crippen LogP contribution < -0.4 is 5.32 Å². The minimum absolute atomic E-state index is 0.0119. The van der Waals surface area contributed by atoms with Crippen molar-refractivity contribution in [1.82, 2.24) is 9.80 Å². The standard InChI is InChI=1S/C17H25N3O5/c1-19(2)16(23)7-8-20(3)11-12(17(24)25)9-15(22)18-13-5-4-6-14(21)10-13/h4-6,10,12,21H,7-9,11H2,1-3H3,(H,18,22)(H,24,25)/t12-/m1/s1. The molecule has 0 aliphatic rings. The number of benzene rings is 1. The quantitative estimate of drug-likeness (QED) is 0.608. The van der Waals surface area contributed by atoms with Crippen LogP contribution in [0.25, 0.3) is 0 Å². The molecule has 0 saturated carbocycles. The van der Waals surface area contributed by atoms with Crippen LogP contribution in [-0.4, -0.2) is 72.0 Å². The second kappa shape index (κ2) is 9.63. The van der Waals surface area contributed by atoms with Gasteiger partial charge in [0.25, 0.3) is 0 Å². The van der Waals surface area contributed by atoms with Gasteiger partial charge in [0.15, 0.2) is 0 Å². The van der Waals surface area contributed by atoms with Gasteiger partial charge in [-0.25, -0.2) is 0 Å². The zero-order chi connectivity index (χ0) is 19.0. The average molecular weight is 351 g/mol. The molecule has 0 heterocycles. The van der Waals surface area contributed by atoms with Crippen LogP contribution in [0.2, 0.25) is 0 Å². The number of amides is 2. The van der Waals surface area contributed by atoms with Gasteiger partial charge in [-0.2, -0.15) is 0 Å². The predicted octanol–water partition coefficient (Wildman–Crippen LogP) is 0.832. The number of anilines is 1. The largest absolute Gasteiger partial charge is 0.508 e. The third kappa shape index (κ3) is 7.67. The zero-order valence-corrected chi connectivity index (χ0v) is 14.7. The van der Waals surface area contributed by atoms with Crippen LogP contribution in [0.3, 0.4) is 0 Å². The van der Waals surface area contributed by atoms with Crippen LogP contribution in [0.4, 0.5) is 5.69 Å². The second-order valence-corrected chi connectivity index (χ2v) is 6.14. The van der Waals surface area contributed by atoms with Crippen LogP contribution in [0.15, 0.2) is 24.3 Å². The van der Waals surface area contributed by atoms with Crippen molar-refractivity contribution in [3.8, 4) is 5.75 Å². The Kier molecular flexibility index (Phi) is 7.87. The van der Waals surface area contributed by atoms with Gasteiger partial charge in [-0.1, -0.05) is 6.07 Å². The summed E-state index contributed by atoms with van der Waals surface area (Å²) in [6.45, 7) is 0.568. The summed E-state index contributed by atoms with van der Waals surface area (Å²) in [5.74, 6) is -2.44. The van der Waals surface area contributed by atoms with Crippen molar-refractivity contribution in [3.05, 3.63) is 24.3 Å². The molecular formula is C17H25N3O5. The topological polar surface area (TPSA) is 110 Å². The molecule has 1 rings (SSSR count). The number of phenols is 1. The second-order valence-electron chi connectivity index (χ2n) is 6.14. The third-order valence-corrected chi connectivity index (χ3v) is 3.65. The molecule has 1 atom stereocenters. The summed E-state index contributed by atoms with van der Waals surface area (Å²) >= 11 is 0. The summed E-state index contributed by atoms with van der Waals surface area (Å²) in [6, 6.07) is 6.04. The van der Waals surface area contributed by atoms with Gasteiger partial charge in [-0.15, -0.1) is 0 Å². The number of hydrogen-bond acceptors (Lipinski definition) is 5. The molecule has 0 fully saturated rings. The minimum atomic E-state index is -1.07. The summed E-state index contributed by atoms with van der Waals surface area (Å²) in [5, 5.41) is 21.3. The molecule has 8 nitrogen and oxygen atoms in total. The number of carboxylic acids is 1. The number of rotatable bonds is 9. The summed E-state index contributed by atoms with van der Waals surface area (Å²) in [6.07, 6.45) is 0.0856. The molecular weight excluding hydrogens is 326 g/mol. The zero-order valence-electron chi connectivity index (χ0n) is 14.7. The Morgan fingerprint density at radius 3 is 2.44 bits per heavy atom. The smallest absolute Gasteiger partial charge is 0.308 e. The molecule has 8 heteroatoms. The maximum Gasteiger partial charge on any atom is 0.308 e. The Balaban J connectivity index is 2.54. The van der Waals surface area contributed by atoms with Gasteiger partial charge in [0.05, 0.1) is 5.92 Å². The lowest BCUT2D eigenvalue weighted by Gasteiger charge is -2.21. The number of phenolic OH excluding ortho intramolecular Hbond substituents is 1. The van der Waals surface area contributed by atoms with Crippen molar-refractivity contribution in [1.29, 1.82) is 0 Å². The molecule has 0 aromatic heterocycles. The molecule has 138 valence electrons. The van der Waals surface area contributed by atoms with E-state index in [0.717, 1.165) is 0 Å². The van der Waals surface area contributed by atoms with Crippen molar-refractivity contribution in [3.63, 3.8) is 0 Å². The van der Waals surface area contributed by atoms with Crippen molar-refractivity contribution in [2.45, 2.75) is 12.8 Å². The van der Waals surface area contributed by atoms with Crippen LogP contribution in [0, 0.1) is 5.92 Å². The lowest BCUT2D eigenvalue weighted by atomic mass is 10.0. The van der Waals surface area contributed by atoms with E-state index in [-0.39, 0.29) is 31.0 Å². The van der Waals surface area contributed by atoms with Gasteiger partial charge in [0.1, 0.15) is 5.75 Å². The van der Waals surface area contributed by atoms with E-state index in [9.17, 15) is 24.6 Å². The Hall–Kier alpha value is -2.61. The number of nitrogens with one attached hydrogen (secondary N) is 1. The minimum Gasteiger partial charge on any atom is -0.508 e. The maximum atomic E-state index is 12.0. The highest BCUT2D eigenvalue weighted by molar-refractivity contribution is 5.93. The fourth-order valence-corrected chi connectivity index (χ4v) is 2.23. The Labute approximate surface area is 147 Å². The molecule has 0 radical (unpaired) electrons. The molecule has 0 saturated heterocycles. The van der Waals surface area contributed by atoms with Gasteiger partial charge in [-0.3, -0.25) is 14.4 Å². The Morgan fingerprint density at radius 1 is 1.20 bits per heavy atom. The molecule has 0 unspecified atom stereocenters. The van der Waals surface area contributed by atoms with Crippen LogP contribution in [0.5, 0.6) is 5.75 Å². The first kappa shape index (κ1) is 20.4. The van der Waals surface area contributed by atoms with E-state index in [2.05, 4.69) is 5.32 Å². The van der Waals surface area contributed by atoms with Gasteiger partial charge < -0.3 is 25.3 Å². The van der Waals surface area contributed by atoms with Gasteiger partial charge in [-0.05, 0) is 19.2 Å². The summed E-state index contributed by atoms with van der Waals surface area (Å²) in [5.41, 5.74) is 0.402. The van der Waals surface area contributed by atoms with Crippen LogP contribution in [-0.2, 0) is 14.4 Å². The van der Waals surface area contributed by atoms with E-state index < -0.39 is 17.8 Å². The SMILES string of the molecule is CN(CCC(=O)N(C)C)C[C@@H](CC(=O)Nc1cccc(O)c1)C(=O)O. The van der Waals surface area contributed by atoms with E-state index in [1.54, 1.807) is 38.2 Å². The Morgan fingerprint density at radius 2 is 1.88 bits per heavy atom. The third-order valence-electron chi connectivity index (χ3n) is 3.65. The summed E-state index contributed by atoms with van der Waals surface area (Å²) < 4.78 is 0. The van der Waals surface area contributed by atoms with Crippen molar-refractivity contribution < 1.29 is 24.6 Å². The molecule has 0 spiro atoms. The average Bonchev–Trinajstić information content (AvgIpc) is 2.51. The lowest BCUT2D eigenvalue weighted by Crippen LogP contribution is -2.35. The number of carbonyl (C=O) groups excluding carboxylic acids is 2. The van der Waals surface area contributed by atoms with E-state index in [1.165, 1.54) is 17.0 Å². The van der Waals surface area contributed by atoms with Crippen molar-refractivity contribution in [2.24, 2.45) is 5.92 Å². The van der Waals surface area contributed by atoms with Gasteiger partial charge in [0, 0.05) is 51.8 Å². The highest BCUT2D eigenvalue weighted by atomic mass is 16.4. The highest BCUT2D eigenvalue weighted by Crippen LogP contribution is 2.16. The van der Waals surface area contributed by atoms with Gasteiger partial charge >= 0.3 is 5.97 Å². The number of hydrogen-bond donors (Lipinski definition) is 3. The number of carboxylic acid groups (broad SMARTS) is 1. The lowest BCUT2D eigenvalue weighted by molar-refractivity contribution is -0.144. The fourth-order valence-electron chi connectivity index (χ4n) is 2.23. The molecule has 3 N–H and O–H groups in total. The monoisotopic (exact) mass is 351 g/mol. The molecule has 1 aromatic carbocycles. The van der Waals surface area contributed by atoms with Crippen molar-refractivity contribution >= 4 is 23.5 Å². The molecule has 0 aliphatic carbocycles. The predicted molar refractivity (Wildman–Crippen MR) is 93.3 cm³/mol. The number of carbonyl (C=O) groups is 3. The highest BCUT2D eigenvalue weighted by Gasteiger charge is 2.23. The first-order valence-electron chi connectivity index (χ1n) is 7.89. The Bertz CT molecular complexity index is 618. The molecule has 25 heavy (non-hydrogen) atoms. The summed E-state index contributed by atoms with van der Waals surface area (Å²) in [7, 11) is 5.04. The van der Waals surface area contributed by atoms with Crippen molar-refractivity contribution in [2.75, 3.05) is 39.5 Å². The summed E-state index contributed by atoms with van der Waals surface area (Å²) in [4.78, 5) is 38.2. The molecule has 2 amide bonds. The molecule has 0 bridgehead atoms. The first-order valence-corrected chi connectivity index (χ1v) is 7.89. The maximum absolute atomic E-state index is 12.0. The van der Waals surface area contributed by atoms with E-state index in [1.807, 2.05) is 0 Å². The van der Waals surface area contributed by atoms with Crippen LogP contribution in [0.1, 0.15) is 12.8 Å². The van der Waals surface area contributed by atoms with E-state index in [4.69, 9.17) is 0 Å². The fraction of sp³-hybridized carbons (Fsp3) is 0.471. The normalized spacial score (nSPS) is 11.8. The van der Waals surface area contributed by atoms with Gasteiger partial charge in [0.2, 0.25) is 11.8 Å². The van der Waals surface area contributed by atoms with E-state index >= 15 is 0 Å². The molecule has 1 aromatic rings. The van der Waals surface area contributed by atoms with E-state index in [0.29, 0.717) is 12.2 Å². The molecule has 0 aliphatic heterocycles.